The molecule has 4 heteroatoms. The molecule has 1 aromatic heterocycles. The van der Waals surface area contributed by atoms with Crippen molar-refractivity contribution < 1.29 is 0 Å². The topological polar surface area (TPSA) is 38.0 Å². The van der Waals surface area contributed by atoms with Crippen LogP contribution in [0.3, 0.4) is 0 Å². The van der Waals surface area contributed by atoms with Gasteiger partial charge in [-0.3, -0.25) is 0 Å². The minimum Gasteiger partial charge on any atom is -0.389 e. The molecular weight excluding hydrogens is 248 g/mol. The van der Waals surface area contributed by atoms with Crippen molar-refractivity contribution in [2.75, 3.05) is 5.32 Å². The molecule has 2 rings (SSSR count). The first-order valence-electron chi connectivity index (χ1n) is 5.33. The van der Waals surface area contributed by atoms with Crippen LogP contribution < -0.4 is 11.1 Å². The molecule has 2 aromatic rings. The second-order valence-electron chi connectivity index (χ2n) is 3.85. The quantitative estimate of drug-likeness (QED) is 0.830. The van der Waals surface area contributed by atoms with Crippen LogP contribution in [0, 0.1) is 6.92 Å². The van der Waals surface area contributed by atoms with E-state index in [1.54, 1.807) is 11.3 Å². The summed E-state index contributed by atoms with van der Waals surface area (Å²) in [7, 11) is 0. The molecule has 1 aromatic carbocycles. The van der Waals surface area contributed by atoms with Crippen molar-refractivity contribution in [3.8, 4) is 0 Å². The molecule has 0 amide bonds. The van der Waals surface area contributed by atoms with Gasteiger partial charge in [0.25, 0.3) is 0 Å². The number of nitrogens with one attached hydrogen (secondary N) is 1. The van der Waals surface area contributed by atoms with Gasteiger partial charge in [0.1, 0.15) is 4.99 Å². The molecule has 2 nitrogen and oxygen atoms in total. The van der Waals surface area contributed by atoms with Gasteiger partial charge in [-0.1, -0.05) is 29.9 Å². The maximum atomic E-state index is 5.73. The van der Waals surface area contributed by atoms with Gasteiger partial charge in [-0.2, -0.15) is 0 Å². The Bertz CT molecular complexity index is 518. The van der Waals surface area contributed by atoms with E-state index in [9.17, 15) is 0 Å². The van der Waals surface area contributed by atoms with Crippen molar-refractivity contribution in [3.05, 3.63) is 51.7 Å². The summed E-state index contributed by atoms with van der Waals surface area (Å²) in [6.45, 7) is 2.83. The maximum Gasteiger partial charge on any atom is 0.106 e. The third-order valence-corrected chi connectivity index (χ3v) is 3.57. The molecule has 17 heavy (non-hydrogen) atoms. The van der Waals surface area contributed by atoms with Crippen molar-refractivity contribution in [2.24, 2.45) is 5.73 Å². The van der Waals surface area contributed by atoms with Gasteiger partial charge in [-0.05, 0) is 30.5 Å². The van der Waals surface area contributed by atoms with Crippen molar-refractivity contribution in [1.82, 2.24) is 0 Å². The van der Waals surface area contributed by atoms with E-state index in [0.29, 0.717) is 4.99 Å². The Hall–Kier alpha value is -1.39. The standard InChI is InChI=1S/C13H14N2S2/c1-9-4-5-12(11(7-9)13(14)16)15-8-10-3-2-6-17-10/h2-7,15H,8H2,1H3,(H2,14,16). The molecule has 3 N–H and O–H groups in total. The third-order valence-electron chi connectivity index (χ3n) is 2.47. The van der Waals surface area contributed by atoms with Crippen LogP contribution in [-0.4, -0.2) is 4.99 Å². The number of benzene rings is 1. The van der Waals surface area contributed by atoms with E-state index in [-0.39, 0.29) is 0 Å². The molecule has 0 spiro atoms. The fourth-order valence-corrected chi connectivity index (χ4v) is 2.43. The van der Waals surface area contributed by atoms with Crippen LogP contribution in [0.4, 0.5) is 5.69 Å². The Morgan fingerprint density at radius 1 is 1.41 bits per heavy atom. The highest BCUT2D eigenvalue weighted by atomic mass is 32.1. The molecule has 1 heterocycles. The Balaban J connectivity index is 2.17. The number of thiophene rings is 1. The Morgan fingerprint density at radius 2 is 2.24 bits per heavy atom. The first-order chi connectivity index (χ1) is 8.16. The number of hydrogen-bond donors (Lipinski definition) is 2. The molecule has 0 aliphatic rings. The number of aryl methyl sites for hydroxylation is 1. The molecule has 0 aliphatic heterocycles. The molecule has 0 fully saturated rings. The maximum absolute atomic E-state index is 5.73. The smallest absolute Gasteiger partial charge is 0.106 e. The van der Waals surface area contributed by atoms with Crippen LogP contribution >= 0.6 is 23.6 Å². The van der Waals surface area contributed by atoms with E-state index in [4.69, 9.17) is 18.0 Å². The van der Waals surface area contributed by atoms with E-state index in [2.05, 4.69) is 22.8 Å². The fraction of sp³-hybridized carbons (Fsp3) is 0.154. The van der Waals surface area contributed by atoms with Crippen molar-refractivity contribution >= 4 is 34.2 Å². The predicted octanol–water partition coefficient (Wildman–Crippen LogP) is 3.30. The zero-order chi connectivity index (χ0) is 12.3. The molecule has 88 valence electrons. The normalized spacial score (nSPS) is 10.2. The predicted molar refractivity (Wildman–Crippen MR) is 78.7 cm³/mol. The van der Waals surface area contributed by atoms with Gasteiger partial charge >= 0.3 is 0 Å². The zero-order valence-electron chi connectivity index (χ0n) is 9.57. The summed E-state index contributed by atoms with van der Waals surface area (Å²) in [6.07, 6.45) is 0. The van der Waals surface area contributed by atoms with Crippen LogP contribution in [-0.2, 0) is 6.54 Å². The van der Waals surface area contributed by atoms with Gasteiger partial charge in [-0.15, -0.1) is 11.3 Å². The van der Waals surface area contributed by atoms with E-state index in [0.717, 1.165) is 23.4 Å². The van der Waals surface area contributed by atoms with E-state index in [1.165, 1.54) is 4.88 Å². The second kappa shape index (κ2) is 5.29. The molecular formula is C13H14N2S2. The summed E-state index contributed by atoms with van der Waals surface area (Å²) in [5, 5.41) is 5.44. The average molecular weight is 262 g/mol. The van der Waals surface area contributed by atoms with Crippen molar-refractivity contribution in [3.63, 3.8) is 0 Å². The van der Waals surface area contributed by atoms with Gasteiger partial charge < -0.3 is 11.1 Å². The van der Waals surface area contributed by atoms with Gasteiger partial charge in [0.05, 0.1) is 0 Å². The summed E-state index contributed by atoms with van der Waals surface area (Å²) in [5.41, 5.74) is 8.80. The van der Waals surface area contributed by atoms with Crippen LogP contribution in [0.25, 0.3) is 0 Å². The van der Waals surface area contributed by atoms with Gasteiger partial charge in [0, 0.05) is 22.7 Å². The summed E-state index contributed by atoms with van der Waals surface area (Å²) < 4.78 is 0. The fourth-order valence-electron chi connectivity index (χ4n) is 1.61. The number of anilines is 1. The monoisotopic (exact) mass is 262 g/mol. The lowest BCUT2D eigenvalue weighted by Gasteiger charge is -2.11. The lowest BCUT2D eigenvalue weighted by molar-refractivity contribution is 1.19. The molecule has 0 bridgehead atoms. The molecule has 0 unspecified atom stereocenters. The van der Waals surface area contributed by atoms with Crippen molar-refractivity contribution in [1.29, 1.82) is 0 Å². The van der Waals surface area contributed by atoms with Crippen LogP contribution in [0.1, 0.15) is 16.0 Å². The third kappa shape index (κ3) is 3.05. The number of thiocarbonyl (C=S) groups is 1. The van der Waals surface area contributed by atoms with Gasteiger partial charge in [-0.25, -0.2) is 0 Å². The van der Waals surface area contributed by atoms with E-state index >= 15 is 0 Å². The lowest BCUT2D eigenvalue weighted by atomic mass is 10.1. The lowest BCUT2D eigenvalue weighted by Crippen LogP contribution is -2.13. The van der Waals surface area contributed by atoms with Crippen LogP contribution in [0.2, 0.25) is 0 Å². The highest BCUT2D eigenvalue weighted by Gasteiger charge is 2.05. The summed E-state index contributed by atoms with van der Waals surface area (Å²) >= 11 is 6.80. The first-order valence-corrected chi connectivity index (χ1v) is 6.62. The van der Waals surface area contributed by atoms with Gasteiger partial charge in [0.15, 0.2) is 0 Å². The second-order valence-corrected chi connectivity index (χ2v) is 5.32. The number of rotatable bonds is 4. The molecule has 0 atom stereocenters. The first kappa shape index (κ1) is 12.1. The van der Waals surface area contributed by atoms with E-state index in [1.807, 2.05) is 25.1 Å². The zero-order valence-corrected chi connectivity index (χ0v) is 11.2. The highest BCUT2D eigenvalue weighted by molar-refractivity contribution is 7.80. The minimum absolute atomic E-state index is 0.433. The number of nitrogens with two attached hydrogens (primary N) is 1. The molecule has 0 saturated heterocycles. The van der Waals surface area contributed by atoms with E-state index < -0.39 is 0 Å². The molecule has 0 saturated carbocycles. The highest BCUT2D eigenvalue weighted by Crippen LogP contribution is 2.19. The molecule has 0 radical (unpaired) electrons. The Labute approximate surface area is 110 Å². The average Bonchev–Trinajstić information content (AvgIpc) is 2.80. The van der Waals surface area contributed by atoms with Crippen molar-refractivity contribution in [2.45, 2.75) is 13.5 Å². The molecule has 0 aliphatic carbocycles. The van der Waals surface area contributed by atoms with Crippen LogP contribution in [0.15, 0.2) is 35.7 Å². The summed E-state index contributed by atoms with van der Waals surface area (Å²) in [6, 6.07) is 10.2. The largest absolute Gasteiger partial charge is 0.389 e. The van der Waals surface area contributed by atoms with Gasteiger partial charge in [0.2, 0.25) is 0 Å². The van der Waals surface area contributed by atoms with Crippen LogP contribution in [0.5, 0.6) is 0 Å². The Morgan fingerprint density at radius 3 is 2.88 bits per heavy atom. The summed E-state index contributed by atoms with van der Waals surface area (Å²) in [4.78, 5) is 1.72. The summed E-state index contributed by atoms with van der Waals surface area (Å²) in [5.74, 6) is 0. The Kier molecular flexibility index (Phi) is 3.76. The minimum atomic E-state index is 0.433. The SMILES string of the molecule is Cc1ccc(NCc2cccs2)c(C(N)=S)c1. The number of hydrogen-bond acceptors (Lipinski definition) is 3.